The molecule has 3 heterocycles. The van der Waals surface area contributed by atoms with Crippen LogP contribution in [-0.2, 0) is 17.8 Å². The minimum absolute atomic E-state index is 0.0368. The highest BCUT2D eigenvalue weighted by atomic mass is 32.1. The number of aromatic nitrogens is 2. The van der Waals surface area contributed by atoms with Gasteiger partial charge in [0, 0.05) is 18.3 Å². The van der Waals surface area contributed by atoms with E-state index in [9.17, 15) is 4.79 Å². The molecule has 0 aliphatic carbocycles. The van der Waals surface area contributed by atoms with E-state index in [-0.39, 0.29) is 5.91 Å². The van der Waals surface area contributed by atoms with Gasteiger partial charge in [0.2, 0.25) is 5.91 Å². The van der Waals surface area contributed by atoms with Gasteiger partial charge in [0.1, 0.15) is 5.82 Å². The Morgan fingerprint density at radius 2 is 2.39 bits per heavy atom. The molecule has 0 radical (unpaired) electrons. The largest absolute Gasteiger partial charge is 0.352 e. The van der Waals surface area contributed by atoms with Crippen LogP contribution in [0.15, 0.2) is 23.0 Å². The Bertz CT molecular complexity index is 671. The molecule has 6 heteroatoms. The molecule has 1 fully saturated rings. The van der Waals surface area contributed by atoms with Gasteiger partial charge in [0.15, 0.2) is 0 Å². The van der Waals surface area contributed by atoms with Crippen molar-refractivity contribution in [3.63, 3.8) is 0 Å². The van der Waals surface area contributed by atoms with Gasteiger partial charge >= 0.3 is 0 Å². The van der Waals surface area contributed by atoms with E-state index in [4.69, 9.17) is 0 Å². The lowest BCUT2D eigenvalue weighted by molar-refractivity contribution is -0.120. The van der Waals surface area contributed by atoms with E-state index in [0.29, 0.717) is 19.0 Å². The summed E-state index contributed by atoms with van der Waals surface area (Å²) in [6.45, 7) is 3.50. The van der Waals surface area contributed by atoms with E-state index in [2.05, 4.69) is 27.2 Å². The van der Waals surface area contributed by atoms with Crippen LogP contribution in [0.4, 0.5) is 0 Å². The average molecular weight is 330 g/mol. The number of nitrogens with zero attached hydrogens (tertiary/aromatic N) is 3. The normalized spacial score (nSPS) is 18.3. The van der Waals surface area contributed by atoms with Crippen LogP contribution in [0, 0.1) is 6.92 Å². The highest BCUT2D eigenvalue weighted by molar-refractivity contribution is 7.07. The quantitative estimate of drug-likeness (QED) is 0.915. The third-order valence-corrected chi connectivity index (χ3v) is 5.01. The summed E-state index contributed by atoms with van der Waals surface area (Å²) >= 11 is 1.61. The summed E-state index contributed by atoms with van der Waals surface area (Å²) in [5, 5.41) is 7.00. The van der Waals surface area contributed by atoms with Crippen molar-refractivity contribution >= 4 is 17.2 Å². The number of likely N-dealkylation sites (tertiary alicyclic amines) is 1. The van der Waals surface area contributed by atoms with Crippen molar-refractivity contribution < 1.29 is 4.79 Å². The molecule has 0 spiro atoms. The molecule has 1 amide bonds. The maximum absolute atomic E-state index is 12.1. The fraction of sp³-hybridized carbons (Fsp3) is 0.471. The molecule has 5 nitrogen and oxygen atoms in total. The number of carbonyl (C=O) groups excluding carboxylic acids is 1. The molecule has 1 atom stereocenters. The number of aryl methyl sites for hydroxylation is 1. The third-order valence-electron chi connectivity index (χ3n) is 4.28. The molecule has 0 aromatic carbocycles. The Labute approximate surface area is 140 Å². The highest BCUT2D eigenvalue weighted by Crippen LogP contribution is 2.30. The molecule has 2 aromatic heterocycles. The minimum atomic E-state index is 0.0368. The van der Waals surface area contributed by atoms with E-state index in [0.717, 1.165) is 35.6 Å². The Balaban J connectivity index is 1.68. The van der Waals surface area contributed by atoms with Crippen LogP contribution in [-0.4, -0.2) is 34.4 Å². The molecule has 3 rings (SSSR count). The molecule has 1 saturated heterocycles. The number of hydrogen-bond donors (Lipinski definition) is 1. The van der Waals surface area contributed by atoms with E-state index in [1.54, 1.807) is 11.3 Å². The molecule has 2 aromatic rings. The second-order valence-electron chi connectivity index (χ2n) is 6.05. The van der Waals surface area contributed by atoms with Crippen LogP contribution in [0.3, 0.4) is 0 Å². The fourth-order valence-corrected chi connectivity index (χ4v) is 3.70. The number of amides is 1. The van der Waals surface area contributed by atoms with Crippen molar-refractivity contribution in [2.45, 2.75) is 38.8 Å². The zero-order valence-electron chi connectivity index (χ0n) is 13.6. The van der Waals surface area contributed by atoms with Crippen LogP contribution in [0.5, 0.6) is 0 Å². The fourth-order valence-electron chi connectivity index (χ4n) is 3.03. The molecule has 0 unspecified atom stereocenters. The van der Waals surface area contributed by atoms with Gasteiger partial charge in [0.05, 0.1) is 18.2 Å². The molecule has 0 bridgehead atoms. The first kappa shape index (κ1) is 16.1. The van der Waals surface area contributed by atoms with Gasteiger partial charge in [0.25, 0.3) is 0 Å². The molecule has 1 N–H and O–H groups in total. The van der Waals surface area contributed by atoms with Crippen molar-refractivity contribution in [2.75, 3.05) is 13.6 Å². The zero-order chi connectivity index (χ0) is 16.2. The van der Waals surface area contributed by atoms with Gasteiger partial charge in [-0.3, -0.25) is 9.69 Å². The number of carbonyl (C=O) groups is 1. The molecule has 122 valence electrons. The van der Waals surface area contributed by atoms with Crippen molar-refractivity contribution in [1.29, 1.82) is 0 Å². The first-order valence-electron chi connectivity index (χ1n) is 7.94. The Kier molecular flexibility index (Phi) is 5.03. The van der Waals surface area contributed by atoms with Gasteiger partial charge in [-0.05, 0) is 55.7 Å². The van der Waals surface area contributed by atoms with Gasteiger partial charge in [-0.15, -0.1) is 0 Å². The number of hydrogen-bond acceptors (Lipinski definition) is 5. The average Bonchev–Trinajstić information content (AvgIpc) is 3.17. The van der Waals surface area contributed by atoms with Crippen LogP contribution in [0.2, 0.25) is 0 Å². The second-order valence-corrected chi connectivity index (χ2v) is 6.83. The van der Waals surface area contributed by atoms with Crippen LogP contribution in [0.25, 0.3) is 0 Å². The first-order chi connectivity index (χ1) is 11.1. The topological polar surface area (TPSA) is 58.1 Å². The third kappa shape index (κ3) is 3.95. The van der Waals surface area contributed by atoms with E-state index in [1.807, 2.05) is 29.9 Å². The Morgan fingerprint density at radius 1 is 1.52 bits per heavy atom. The maximum Gasteiger partial charge on any atom is 0.224 e. The van der Waals surface area contributed by atoms with Crippen molar-refractivity contribution in [3.05, 3.63) is 45.7 Å². The predicted molar refractivity (Wildman–Crippen MR) is 91.2 cm³/mol. The Morgan fingerprint density at radius 3 is 3.09 bits per heavy atom. The first-order valence-corrected chi connectivity index (χ1v) is 8.88. The van der Waals surface area contributed by atoms with Gasteiger partial charge in [-0.2, -0.15) is 11.3 Å². The lowest BCUT2D eigenvalue weighted by Gasteiger charge is -2.21. The van der Waals surface area contributed by atoms with Crippen molar-refractivity contribution in [1.82, 2.24) is 20.2 Å². The van der Waals surface area contributed by atoms with Crippen LogP contribution < -0.4 is 5.32 Å². The standard InChI is InChI=1S/C17H22N4OS/c1-12-18-9-14(17(20-12)15-4-3-6-21(15)2)10-19-16(22)8-13-5-7-23-11-13/h5,7,9,11,15H,3-4,6,8,10H2,1-2H3,(H,19,22)/t15-/m1/s1. The smallest absolute Gasteiger partial charge is 0.224 e. The number of rotatable bonds is 5. The Hall–Kier alpha value is -1.79. The highest BCUT2D eigenvalue weighted by Gasteiger charge is 2.26. The SMILES string of the molecule is Cc1ncc(CNC(=O)Cc2ccsc2)c([C@H]2CCCN2C)n1. The minimum Gasteiger partial charge on any atom is -0.352 e. The van der Waals surface area contributed by atoms with Crippen LogP contribution >= 0.6 is 11.3 Å². The van der Waals surface area contributed by atoms with E-state index >= 15 is 0 Å². The summed E-state index contributed by atoms with van der Waals surface area (Å²) in [4.78, 5) is 23.4. The van der Waals surface area contributed by atoms with Gasteiger partial charge < -0.3 is 5.32 Å². The van der Waals surface area contributed by atoms with Gasteiger partial charge in [-0.1, -0.05) is 0 Å². The number of nitrogens with one attached hydrogen (secondary N) is 1. The maximum atomic E-state index is 12.1. The summed E-state index contributed by atoms with van der Waals surface area (Å²) in [5.74, 6) is 0.823. The summed E-state index contributed by atoms with van der Waals surface area (Å²) in [6, 6.07) is 2.32. The molecule has 1 aliphatic heterocycles. The van der Waals surface area contributed by atoms with Gasteiger partial charge in [-0.25, -0.2) is 9.97 Å². The molecule has 0 saturated carbocycles. The van der Waals surface area contributed by atoms with Crippen LogP contribution in [0.1, 0.15) is 41.5 Å². The van der Waals surface area contributed by atoms with Crippen molar-refractivity contribution in [3.8, 4) is 0 Å². The molecule has 23 heavy (non-hydrogen) atoms. The monoisotopic (exact) mass is 330 g/mol. The summed E-state index contributed by atoms with van der Waals surface area (Å²) in [5.41, 5.74) is 3.14. The van der Waals surface area contributed by atoms with E-state index in [1.165, 1.54) is 6.42 Å². The lowest BCUT2D eigenvalue weighted by atomic mass is 10.1. The second kappa shape index (κ2) is 7.19. The molecule has 1 aliphatic rings. The lowest BCUT2D eigenvalue weighted by Crippen LogP contribution is -2.27. The summed E-state index contributed by atoms with van der Waals surface area (Å²) < 4.78 is 0. The molecular formula is C17H22N4OS. The van der Waals surface area contributed by atoms with E-state index < -0.39 is 0 Å². The summed E-state index contributed by atoms with van der Waals surface area (Å²) in [6.07, 6.45) is 4.58. The zero-order valence-corrected chi connectivity index (χ0v) is 14.4. The summed E-state index contributed by atoms with van der Waals surface area (Å²) in [7, 11) is 2.13. The number of thiophene rings is 1. The van der Waals surface area contributed by atoms with Crippen molar-refractivity contribution in [2.24, 2.45) is 0 Å². The molecular weight excluding hydrogens is 308 g/mol. The predicted octanol–water partition coefficient (Wildman–Crippen LogP) is 2.47.